The van der Waals surface area contributed by atoms with Gasteiger partial charge in [-0.25, -0.2) is 8.42 Å². The second-order valence-electron chi connectivity index (χ2n) is 5.59. The first kappa shape index (κ1) is 18.9. The highest BCUT2D eigenvalue weighted by molar-refractivity contribution is 9.10. The van der Waals surface area contributed by atoms with Gasteiger partial charge in [0, 0.05) is 15.7 Å². The Hall–Kier alpha value is -2.84. The first-order valence-corrected chi connectivity index (χ1v) is 10.2. The maximum absolute atomic E-state index is 12.6. The summed E-state index contributed by atoms with van der Waals surface area (Å²) in [6.07, 6.45) is 0. The van der Waals surface area contributed by atoms with Crippen molar-refractivity contribution in [1.82, 2.24) is 5.43 Å². The van der Waals surface area contributed by atoms with Crippen LogP contribution in [-0.4, -0.2) is 14.3 Å². The van der Waals surface area contributed by atoms with Crippen LogP contribution in [0.25, 0.3) is 0 Å². The van der Waals surface area contributed by atoms with E-state index < -0.39 is 15.9 Å². The van der Waals surface area contributed by atoms with Gasteiger partial charge in [0.05, 0.1) is 10.6 Å². The molecule has 0 unspecified atom stereocenters. The van der Waals surface area contributed by atoms with Crippen molar-refractivity contribution in [3.05, 3.63) is 88.9 Å². The zero-order valence-electron chi connectivity index (χ0n) is 14.0. The summed E-state index contributed by atoms with van der Waals surface area (Å²) in [6, 6.07) is 21.7. The van der Waals surface area contributed by atoms with Crippen molar-refractivity contribution < 1.29 is 13.2 Å². The lowest BCUT2D eigenvalue weighted by atomic mass is 10.2. The van der Waals surface area contributed by atoms with E-state index in [2.05, 4.69) is 31.5 Å². The molecule has 0 radical (unpaired) electrons. The number of carbonyl (C=O) groups excluding carboxylic acids is 1. The van der Waals surface area contributed by atoms with Crippen molar-refractivity contribution in [2.45, 2.75) is 4.90 Å². The molecule has 0 spiro atoms. The minimum atomic E-state index is -3.82. The minimum absolute atomic E-state index is 0.00206. The van der Waals surface area contributed by atoms with Crippen LogP contribution in [0.1, 0.15) is 10.4 Å². The summed E-state index contributed by atoms with van der Waals surface area (Å²) in [6.45, 7) is 0. The van der Waals surface area contributed by atoms with Crippen molar-refractivity contribution >= 4 is 43.2 Å². The van der Waals surface area contributed by atoms with Crippen LogP contribution in [0.2, 0.25) is 0 Å². The molecule has 3 aromatic carbocycles. The quantitative estimate of drug-likeness (QED) is 0.500. The summed E-state index contributed by atoms with van der Waals surface area (Å²) < 4.78 is 28.5. The van der Waals surface area contributed by atoms with Gasteiger partial charge in [-0.1, -0.05) is 40.2 Å². The third kappa shape index (κ3) is 5.08. The molecule has 0 bridgehead atoms. The lowest BCUT2D eigenvalue weighted by Gasteiger charge is -2.11. The van der Waals surface area contributed by atoms with Gasteiger partial charge in [-0.2, -0.15) is 0 Å². The number of hydrogen-bond donors (Lipinski definition) is 3. The van der Waals surface area contributed by atoms with Gasteiger partial charge in [0.25, 0.3) is 15.9 Å². The van der Waals surface area contributed by atoms with Crippen LogP contribution in [0.15, 0.2) is 88.2 Å². The minimum Gasteiger partial charge on any atom is -0.298 e. The summed E-state index contributed by atoms with van der Waals surface area (Å²) in [5, 5.41) is 0. The number of carbonyl (C=O) groups is 1. The van der Waals surface area contributed by atoms with E-state index in [1.165, 1.54) is 18.2 Å². The van der Waals surface area contributed by atoms with Crippen molar-refractivity contribution in [3.63, 3.8) is 0 Å². The van der Waals surface area contributed by atoms with Crippen LogP contribution < -0.4 is 15.6 Å². The lowest BCUT2D eigenvalue weighted by Crippen LogP contribution is -2.29. The van der Waals surface area contributed by atoms with Crippen LogP contribution in [0.4, 0.5) is 11.4 Å². The standard InChI is InChI=1S/C19H16BrN3O3S/c20-15-9-11-17(12-10-15)23-27(25,26)18-8-4-5-14(13-18)19(24)22-21-16-6-2-1-3-7-16/h1-13,21,23H,(H,22,24). The van der Waals surface area contributed by atoms with E-state index in [9.17, 15) is 13.2 Å². The third-order valence-electron chi connectivity index (χ3n) is 3.60. The number of amides is 1. The summed E-state index contributed by atoms with van der Waals surface area (Å²) in [5.41, 5.74) is 6.68. The van der Waals surface area contributed by atoms with Crippen molar-refractivity contribution in [1.29, 1.82) is 0 Å². The molecular weight excluding hydrogens is 430 g/mol. The fourth-order valence-corrected chi connectivity index (χ4v) is 3.63. The second kappa shape index (κ2) is 8.24. The highest BCUT2D eigenvalue weighted by atomic mass is 79.9. The molecule has 0 saturated heterocycles. The number of rotatable bonds is 6. The smallest absolute Gasteiger partial charge is 0.269 e. The van der Waals surface area contributed by atoms with E-state index in [-0.39, 0.29) is 10.5 Å². The van der Waals surface area contributed by atoms with Gasteiger partial charge in [-0.15, -0.1) is 0 Å². The predicted molar refractivity (Wildman–Crippen MR) is 109 cm³/mol. The van der Waals surface area contributed by atoms with E-state index >= 15 is 0 Å². The van der Waals surface area contributed by atoms with Gasteiger partial charge in [0.1, 0.15) is 0 Å². The van der Waals surface area contributed by atoms with Gasteiger partial charge in [-0.3, -0.25) is 20.4 Å². The average molecular weight is 446 g/mol. The van der Waals surface area contributed by atoms with Crippen LogP contribution in [-0.2, 0) is 10.0 Å². The molecule has 1 amide bonds. The topological polar surface area (TPSA) is 87.3 Å². The fraction of sp³-hybridized carbons (Fsp3) is 0. The number of halogens is 1. The SMILES string of the molecule is O=C(NNc1ccccc1)c1cccc(S(=O)(=O)Nc2ccc(Br)cc2)c1. The molecule has 6 nitrogen and oxygen atoms in total. The van der Waals surface area contributed by atoms with Crippen LogP contribution in [0.3, 0.4) is 0 Å². The Morgan fingerprint density at radius 3 is 2.22 bits per heavy atom. The summed E-state index contributed by atoms with van der Waals surface area (Å²) >= 11 is 3.30. The maximum atomic E-state index is 12.6. The molecule has 27 heavy (non-hydrogen) atoms. The number of para-hydroxylation sites is 1. The van der Waals surface area contributed by atoms with Crippen LogP contribution >= 0.6 is 15.9 Å². The molecular formula is C19H16BrN3O3S. The largest absolute Gasteiger partial charge is 0.298 e. The fourth-order valence-electron chi connectivity index (χ4n) is 2.26. The molecule has 0 aliphatic carbocycles. The lowest BCUT2D eigenvalue weighted by molar-refractivity contribution is 0.0962. The van der Waals surface area contributed by atoms with Crippen LogP contribution in [0, 0.1) is 0 Å². The van der Waals surface area contributed by atoms with E-state index in [1.807, 2.05) is 18.2 Å². The van der Waals surface area contributed by atoms with E-state index in [0.717, 1.165) is 4.47 Å². The second-order valence-corrected chi connectivity index (χ2v) is 8.18. The Morgan fingerprint density at radius 2 is 1.52 bits per heavy atom. The van der Waals surface area contributed by atoms with E-state index in [1.54, 1.807) is 42.5 Å². The molecule has 0 aliphatic heterocycles. The molecule has 0 atom stereocenters. The van der Waals surface area contributed by atoms with E-state index in [0.29, 0.717) is 11.4 Å². The summed E-state index contributed by atoms with van der Waals surface area (Å²) in [5.74, 6) is -0.445. The molecule has 0 saturated carbocycles. The predicted octanol–water partition coefficient (Wildman–Crippen LogP) is 4.01. The number of benzene rings is 3. The molecule has 3 rings (SSSR count). The molecule has 0 aromatic heterocycles. The van der Waals surface area contributed by atoms with Crippen molar-refractivity contribution in [2.24, 2.45) is 0 Å². The highest BCUT2D eigenvalue weighted by Gasteiger charge is 2.16. The Bertz CT molecular complexity index is 1040. The first-order chi connectivity index (χ1) is 12.9. The Balaban J connectivity index is 1.73. The number of hydrazine groups is 1. The van der Waals surface area contributed by atoms with Gasteiger partial charge in [0.15, 0.2) is 0 Å². The normalized spacial score (nSPS) is 10.9. The molecule has 0 heterocycles. The van der Waals surface area contributed by atoms with Crippen LogP contribution in [0.5, 0.6) is 0 Å². The monoisotopic (exact) mass is 445 g/mol. The Labute approximate surface area is 165 Å². The van der Waals surface area contributed by atoms with Crippen molar-refractivity contribution in [3.8, 4) is 0 Å². The Morgan fingerprint density at radius 1 is 0.815 bits per heavy atom. The Kier molecular flexibility index (Phi) is 5.78. The molecule has 3 aromatic rings. The van der Waals surface area contributed by atoms with Gasteiger partial charge >= 0.3 is 0 Å². The number of nitrogens with one attached hydrogen (secondary N) is 3. The third-order valence-corrected chi connectivity index (χ3v) is 5.50. The number of sulfonamides is 1. The van der Waals surface area contributed by atoms with Gasteiger partial charge in [0.2, 0.25) is 0 Å². The van der Waals surface area contributed by atoms with Gasteiger partial charge in [-0.05, 0) is 54.6 Å². The van der Waals surface area contributed by atoms with Gasteiger partial charge < -0.3 is 0 Å². The zero-order valence-corrected chi connectivity index (χ0v) is 16.4. The first-order valence-electron chi connectivity index (χ1n) is 7.94. The average Bonchev–Trinajstić information content (AvgIpc) is 2.68. The summed E-state index contributed by atoms with van der Waals surface area (Å²) in [7, 11) is -3.82. The summed E-state index contributed by atoms with van der Waals surface area (Å²) in [4.78, 5) is 12.3. The molecule has 0 aliphatic rings. The molecule has 138 valence electrons. The van der Waals surface area contributed by atoms with E-state index in [4.69, 9.17) is 0 Å². The highest BCUT2D eigenvalue weighted by Crippen LogP contribution is 2.19. The zero-order chi connectivity index (χ0) is 19.3. The molecule has 0 fully saturated rings. The van der Waals surface area contributed by atoms with Crippen molar-refractivity contribution in [2.75, 3.05) is 10.1 Å². The number of anilines is 2. The number of hydrogen-bond acceptors (Lipinski definition) is 4. The molecule has 8 heteroatoms. The maximum Gasteiger partial charge on any atom is 0.269 e. The molecule has 3 N–H and O–H groups in total.